The first-order valence-electron chi connectivity index (χ1n) is 6.11. The van der Waals surface area contributed by atoms with Crippen LogP contribution in [0.3, 0.4) is 0 Å². The summed E-state index contributed by atoms with van der Waals surface area (Å²) in [5.74, 6) is 0. The molecule has 2 rings (SSSR count). The van der Waals surface area contributed by atoms with Gasteiger partial charge in [0.15, 0.2) is 0 Å². The molecule has 0 aliphatic rings. The zero-order valence-corrected chi connectivity index (χ0v) is 14.3. The molecule has 0 amide bonds. The fraction of sp³-hybridized carbons (Fsp3) is 0.250. The predicted molar refractivity (Wildman–Crippen MR) is 77.9 cm³/mol. The van der Waals surface area contributed by atoms with Crippen LogP contribution in [0.25, 0.3) is 0 Å². The summed E-state index contributed by atoms with van der Waals surface area (Å²) in [5.41, 5.74) is 2.72. The third kappa shape index (κ3) is 3.16. The van der Waals surface area contributed by atoms with Gasteiger partial charge in [-0.1, -0.05) is 0 Å². The number of aryl methyl sites for hydroxylation is 2. The normalized spacial score (nSPS) is 10.8. The fourth-order valence-corrected chi connectivity index (χ4v) is 9.92. The SMILES string of the molecule is C[CH2][Bi]([c]1ccc(C)cc1)[c]1ccc(C)cc1. The van der Waals surface area contributed by atoms with E-state index in [4.69, 9.17) is 0 Å². The molecule has 0 atom stereocenters. The van der Waals surface area contributed by atoms with E-state index >= 15 is 0 Å². The second-order valence-electron chi connectivity index (χ2n) is 4.42. The van der Waals surface area contributed by atoms with Crippen molar-refractivity contribution in [2.24, 2.45) is 0 Å². The van der Waals surface area contributed by atoms with Crippen LogP contribution in [0.2, 0.25) is 4.13 Å². The first-order valence-corrected chi connectivity index (χ1v) is 12.0. The van der Waals surface area contributed by atoms with Crippen molar-refractivity contribution >= 4 is 28.3 Å². The maximum absolute atomic E-state index is 2.34. The molecule has 2 aromatic carbocycles. The van der Waals surface area contributed by atoms with Gasteiger partial charge in [0.05, 0.1) is 0 Å². The van der Waals surface area contributed by atoms with Crippen LogP contribution in [-0.4, -0.2) is 21.8 Å². The van der Waals surface area contributed by atoms with Gasteiger partial charge in [-0.2, -0.15) is 0 Å². The van der Waals surface area contributed by atoms with Crippen molar-refractivity contribution in [3.05, 3.63) is 59.7 Å². The molecule has 1 heteroatoms. The van der Waals surface area contributed by atoms with Crippen molar-refractivity contribution in [3.63, 3.8) is 0 Å². The Morgan fingerprint density at radius 2 is 1.06 bits per heavy atom. The van der Waals surface area contributed by atoms with E-state index in [9.17, 15) is 0 Å². The van der Waals surface area contributed by atoms with Crippen LogP contribution in [0.15, 0.2) is 48.5 Å². The molecule has 88 valence electrons. The third-order valence-electron chi connectivity index (χ3n) is 3.01. The second-order valence-corrected chi connectivity index (χ2v) is 14.2. The van der Waals surface area contributed by atoms with E-state index < -0.39 is 21.8 Å². The molecule has 0 nitrogen and oxygen atoms in total. The standard InChI is InChI=1S/2C7H7.C2H5.Bi/c2*1-7-5-3-2-4-6-7;1-2;/h2*3-6H,1H3;1H2,2H3;. The summed E-state index contributed by atoms with van der Waals surface area (Å²) >= 11 is -1.67. The van der Waals surface area contributed by atoms with Gasteiger partial charge in [-0.15, -0.1) is 0 Å². The van der Waals surface area contributed by atoms with Gasteiger partial charge in [-0.3, -0.25) is 0 Å². The van der Waals surface area contributed by atoms with Crippen LogP contribution in [0.1, 0.15) is 18.1 Å². The molecule has 0 saturated heterocycles. The van der Waals surface area contributed by atoms with E-state index in [0.29, 0.717) is 0 Å². The zero-order chi connectivity index (χ0) is 12.3. The molecule has 0 heterocycles. The first kappa shape index (κ1) is 12.8. The van der Waals surface area contributed by atoms with Crippen LogP contribution in [0, 0.1) is 13.8 Å². The minimum absolute atomic E-state index is 1.35. The van der Waals surface area contributed by atoms with Gasteiger partial charge in [0.2, 0.25) is 0 Å². The molecule has 0 aliphatic heterocycles. The first-order chi connectivity index (χ1) is 8.20. The molecular formula is C16H19Bi. The summed E-state index contributed by atoms with van der Waals surface area (Å²) in [6.07, 6.45) is 0. The number of hydrogen-bond donors (Lipinski definition) is 0. The van der Waals surface area contributed by atoms with Crippen molar-refractivity contribution in [2.45, 2.75) is 24.9 Å². The summed E-state index contributed by atoms with van der Waals surface area (Å²) in [5, 5.41) is 0. The van der Waals surface area contributed by atoms with Crippen molar-refractivity contribution in [1.29, 1.82) is 0 Å². The number of hydrogen-bond acceptors (Lipinski definition) is 0. The van der Waals surface area contributed by atoms with Crippen molar-refractivity contribution in [3.8, 4) is 0 Å². The molecule has 0 fully saturated rings. The molecular weight excluding hydrogens is 401 g/mol. The minimum atomic E-state index is -1.67. The van der Waals surface area contributed by atoms with Crippen LogP contribution >= 0.6 is 0 Å². The molecule has 0 aromatic heterocycles. The van der Waals surface area contributed by atoms with Gasteiger partial charge in [-0.05, 0) is 0 Å². The van der Waals surface area contributed by atoms with Crippen LogP contribution in [-0.2, 0) is 0 Å². The molecule has 0 spiro atoms. The summed E-state index contributed by atoms with van der Waals surface area (Å²) in [7, 11) is 0. The summed E-state index contributed by atoms with van der Waals surface area (Å²) in [6, 6.07) is 18.4. The number of rotatable bonds is 3. The van der Waals surface area contributed by atoms with E-state index in [-0.39, 0.29) is 0 Å². The fourth-order valence-electron chi connectivity index (χ4n) is 1.96. The number of benzene rings is 2. The van der Waals surface area contributed by atoms with E-state index in [1.54, 1.807) is 6.54 Å². The van der Waals surface area contributed by atoms with E-state index in [1.807, 2.05) is 0 Å². The topological polar surface area (TPSA) is 0 Å². The molecule has 0 radical (unpaired) electrons. The average molecular weight is 420 g/mol. The Labute approximate surface area is 112 Å². The van der Waals surface area contributed by atoms with Gasteiger partial charge < -0.3 is 0 Å². The quantitative estimate of drug-likeness (QED) is 0.671. The summed E-state index contributed by atoms with van der Waals surface area (Å²) < 4.78 is 4.59. The Morgan fingerprint density at radius 3 is 1.35 bits per heavy atom. The molecule has 17 heavy (non-hydrogen) atoms. The van der Waals surface area contributed by atoms with E-state index in [0.717, 1.165) is 0 Å². The molecule has 0 N–H and O–H groups in total. The van der Waals surface area contributed by atoms with Crippen molar-refractivity contribution in [1.82, 2.24) is 0 Å². The molecule has 0 aliphatic carbocycles. The van der Waals surface area contributed by atoms with Crippen LogP contribution in [0.4, 0.5) is 0 Å². The van der Waals surface area contributed by atoms with Gasteiger partial charge in [0, 0.05) is 0 Å². The van der Waals surface area contributed by atoms with E-state index in [1.165, 1.54) is 15.3 Å². The summed E-state index contributed by atoms with van der Waals surface area (Å²) in [6.45, 7) is 6.66. The van der Waals surface area contributed by atoms with E-state index in [2.05, 4.69) is 69.3 Å². The monoisotopic (exact) mass is 420 g/mol. The van der Waals surface area contributed by atoms with Crippen LogP contribution < -0.4 is 6.54 Å². The maximum atomic E-state index is 2.34. The Bertz CT molecular complexity index is 422. The second kappa shape index (κ2) is 5.78. The van der Waals surface area contributed by atoms with Gasteiger partial charge in [0.1, 0.15) is 0 Å². The predicted octanol–water partition coefficient (Wildman–Crippen LogP) is 2.93. The van der Waals surface area contributed by atoms with Gasteiger partial charge >= 0.3 is 113 Å². The Morgan fingerprint density at radius 1 is 0.706 bits per heavy atom. The van der Waals surface area contributed by atoms with Crippen molar-refractivity contribution in [2.75, 3.05) is 0 Å². The molecule has 0 bridgehead atoms. The molecule has 2 aromatic rings. The average Bonchev–Trinajstić information content (AvgIpc) is 2.35. The third-order valence-corrected chi connectivity index (χ3v) is 12.6. The molecule has 0 unspecified atom stereocenters. The van der Waals surface area contributed by atoms with Gasteiger partial charge in [0.25, 0.3) is 0 Å². The van der Waals surface area contributed by atoms with Gasteiger partial charge in [-0.25, -0.2) is 0 Å². The Kier molecular flexibility index (Phi) is 4.34. The Balaban J connectivity index is 2.33. The molecule has 0 saturated carbocycles. The zero-order valence-electron chi connectivity index (χ0n) is 10.8. The summed E-state index contributed by atoms with van der Waals surface area (Å²) in [4.78, 5) is 0. The van der Waals surface area contributed by atoms with Crippen LogP contribution in [0.5, 0.6) is 0 Å². The van der Waals surface area contributed by atoms with Crippen molar-refractivity contribution < 1.29 is 0 Å². The Hall–Kier alpha value is -0.677.